The van der Waals surface area contributed by atoms with E-state index >= 15 is 0 Å². The highest BCUT2D eigenvalue weighted by molar-refractivity contribution is 5.97. The molecule has 0 aromatic heterocycles. The summed E-state index contributed by atoms with van der Waals surface area (Å²) >= 11 is 0. The zero-order valence-corrected chi connectivity index (χ0v) is 10.7. The van der Waals surface area contributed by atoms with Crippen LogP contribution in [0.25, 0.3) is 0 Å². The molecule has 0 fully saturated rings. The van der Waals surface area contributed by atoms with Crippen LogP contribution in [0.2, 0.25) is 0 Å². The zero-order chi connectivity index (χ0) is 13.4. The molecule has 2 rings (SSSR count). The first kappa shape index (κ1) is 14.1. The third kappa shape index (κ3) is 3.81. The zero-order valence-electron chi connectivity index (χ0n) is 10.7. The Labute approximate surface area is 107 Å². The predicted octanol–water partition coefficient (Wildman–Crippen LogP) is 4.28. The van der Waals surface area contributed by atoms with Crippen molar-refractivity contribution >= 4 is 5.78 Å². The van der Waals surface area contributed by atoms with Crippen molar-refractivity contribution in [3.8, 4) is 0 Å². The van der Waals surface area contributed by atoms with Crippen molar-refractivity contribution < 1.29 is 9.18 Å². The lowest BCUT2D eigenvalue weighted by atomic mass is 10.0. The average Bonchev–Trinajstić information content (AvgIpc) is 2.42. The normalized spacial score (nSPS) is 9.28. The summed E-state index contributed by atoms with van der Waals surface area (Å²) in [6, 6.07) is 15.4. The van der Waals surface area contributed by atoms with Gasteiger partial charge in [-0.25, -0.2) is 4.39 Å². The van der Waals surface area contributed by atoms with Crippen LogP contribution in [0, 0.1) is 5.82 Å². The second kappa shape index (κ2) is 7.38. The average molecular weight is 244 g/mol. The van der Waals surface area contributed by atoms with E-state index in [1.54, 1.807) is 12.1 Å². The molecule has 18 heavy (non-hydrogen) atoms. The van der Waals surface area contributed by atoms with Crippen molar-refractivity contribution in [1.29, 1.82) is 0 Å². The highest BCUT2D eigenvalue weighted by Crippen LogP contribution is 2.10. The molecule has 0 saturated carbocycles. The fraction of sp³-hybridized carbons (Fsp3) is 0.188. The number of carbonyl (C=O) groups excluding carboxylic acids is 1. The van der Waals surface area contributed by atoms with E-state index in [9.17, 15) is 9.18 Å². The van der Waals surface area contributed by atoms with Gasteiger partial charge in [-0.1, -0.05) is 56.3 Å². The molecule has 2 heteroatoms. The maximum atomic E-state index is 13.3. The molecule has 0 spiro atoms. The largest absolute Gasteiger partial charge is 0.294 e. The molecule has 2 aromatic rings. The Bertz CT molecular complexity index is 491. The summed E-state index contributed by atoms with van der Waals surface area (Å²) in [4.78, 5) is 11.8. The lowest BCUT2D eigenvalue weighted by Crippen LogP contribution is -2.05. The van der Waals surface area contributed by atoms with Gasteiger partial charge in [-0.3, -0.25) is 4.79 Å². The van der Waals surface area contributed by atoms with Crippen LogP contribution in [0.4, 0.5) is 4.39 Å². The molecule has 0 atom stereocenters. The van der Waals surface area contributed by atoms with E-state index < -0.39 is 5.82 Å². The summed E-state index contributed by atoms with van der Waals surface area (Å²) in [5.41, 5.74) is 1.06. The van der Waals surface area contributed by atoms with Crippen LogP contribution >= 0.6 is 0 Å². The lowest BCUT2D eigenvalue weighted by Gasteiger charge is -2.02. The molecular weight excluding hydrogens is 227 g/mol. The van der Waals surface area contributed by atoms with Gasteiger partial charge in [0.25, 0.3) is 0 Å². The van der Waals surface area contributed by atoms with Gasteiger partial charge < -0.3 is 0 Å². The van der Waals surface area contributed by atoms with Crippen molar-refractivity contribution in [1.82, 2.24) is 0 Å². The summed E-state index contributed by atoms with van der Waals surface area (Å²) in [7, 11) is 0. The fourth-order valence-electron chi connectivity index (χ4n) is 1.56. The molecule has 0 radical (unpaired) electrons. The Morgan fingerprint density at radius 1 is 0.944 bits per heavy atom. The second-order valence-electron chi connectivity index (χ2n) is 3.57. The number of rotatable bonds is 3. The van der Waals surface area contributed by atoms with Crippen molar-refractivity contribution in [3.63, 3.8) is 0 Å². The van der Waals surface area contributed by atoms with Gasteiger partial charge in [-0.2, -0.15) is 0 Å². The quantitative estimate of drug-likeness (QED) is 0.736. The smallest absolute Gasteiger partial charge is 0.170 e. The standard InChI is InChI=1S/C14H11FO.C2H6/c15-13-9-5-4-8-12(13)14(16)10-11-6-2-1-3-7-11;1-2/h1-9H,10H2;1-2H3. The van der Waals surface area contributed by atoms with Gasteiger partial charge >= 0.3 is 0 Å². The minimum atomic E-state index is -0.455. The van der Waals surface area contributed by atoms with E-state index in [1.807, 2.05) is 44.2 Å². The first-order chi connectivity index (χ1) is 8.77. The van der Waals surface area contributed by atoms with Crippen LogP contribution in [0.1, 0.15) is 29.8 Å². The molecule has 0 saturated heterocycles. The van der Waals surface area contributed by atoms with E-state index in [2.05, 4.69) is 0 Å². The maximum Gasteiger partial charge on any atom is 0.170 e. The number of hydrogen-bond donors (Lipinski definition) is 0. The van der Waals surface area contributed by atoms with Crippen LogP contribution in [-0.2, 0) is 6.42 Å². The Balaban J connectivity index is 0.000000771. The van der Waals surface area contributed by atoms with Crippen LogP contribution in [-0.4, -0.2) is 5.78 Å². The van der Waals surface area contributed by atoms with Gasteiger partial charge in [0, 0.05) is 6.42 Å². The molecule has 0 aliphatic heterocycles. The van der Waals surface area contributed by atoms with E-state index in [4.69, 9.17) is 0 Å². The van der Waals surface area contributed by atoms with Crippen LogP contribution in [0.15, 0.2) is 54.6 Å². The maximum absolute atomic E-state index is 13.3. The molecule has 0 N–H and O–H groups in total. The Kier molecular flexibility index (Phi) is 5.78. The Morgan fingerprint density at radius 3 is 2.11 bits per heavy atom. The third-order valence-electron chi connectivity index (χ3n) is 2.38. The predicted molar refractivity (Wildman–Crippen MR) is 72.2 cm³/mol. The summed E-state index contributed by atoms with van der Waals surface area (Å²) < 4.78 is 13.3. The van der Waals surface area contributed by atoms with E-state index in [-0.39, 0.29) is 17.8 Å². The third-order valence-corrected chi connectivity index (χ3v) is 2.38. The number of benzene rings is 2. The van der Waals surface area contributed by atoms with E-state index in [1.165, 1.54) is 12.1 Å². The van der Waals surface area contributed by atoms with Crippen molar-refractivity contribution in [2.24, 2.45) is 0 Å². The molecule has 2 aromatic carbocycles. The molecule has 0 heterocycles. The number of carbonyl (C=O) groups is 1. The van der Waals surface area contributed by atoms with E-state index in [0.717, 1.165) is 5.56 Å². The van der Waals surface area contributed by atoms with E-state index in [0.29, 0.717) is 0 Å². The van der Waals surface area contributed by atoms with Gasteiger partial charge in [-0.05, 0) is 17.7 Å². The van der Waals surface area contributed by atoms with Crippen LogP contribution in [0.3, 0.4) is 0 Å². The Hall–Kier alpha value is -1.96. The number of halogens is 1. The van der Waals surface area contributed by atoms with Gasteiger partial charge in [0.2, 0.25) is 0 Å². The molecule has 0 amide bonds. The van der Waals surface area contributed by atoms with Crippen LogP contribution < -0.4 is 0 Å². The highest BCUT2D eigenvalue weighted by Gasteiger charge is 2.10. The Morgan fingerprint density at radius 2 is 1.50 bits per heavy atom. The van der Waals surface area contributed by atoms with Crippen molar-refractivity contribution in [2.75, 3.05) is 0 Å². The van der Waals surface area contributed by atoms with Gasteiger partial charge in [0.1, 0.15) is 5.82 Å². The topological polar surface area (TPSA) is 17.1 Å². The van der Waals surface area contributed by atoms with Gasteiger partial charge in [-0.15, -0.1) is 0 Å². The lowest BCUT2D eigenvalue weighted by molar-refractivity contribution is 0.0989. The molecule has 0 unspecified atom stereocenters. The minimum Gasteiger partial charge on any atom is -0.294 e. The number of Topliss-reactive ketones (excluding diaryl/α,β-unsaturated/α-hetero) is 1. The molecular formula is C16H17FO. The van der Waals surface area contributed by atoms with Gasteiger partial charge in [0.05, 0.1) is 5.56 Å². The highest BCUT2D eigenvalue weighted by atomic mass is 19.1. The molecule has 1 nitrogen and oxygen atoms in total. The van der Waals surface area contributed by atoms with Crippen molar-refractivity contribution in [3.05, 3.63) is 71.5 Å². The monoisotopic (exact) mass is 244 g/mol. The van der Waals surface area contributed by atoms with Crippen molar-refractivity contribution in [2.45, 2.75) is 20.3 Å². The summed E-state index contributed by atoms with van der Waals surface area (Å²) in [5.74, 6) is -0.646. The van der Waals surface area contributed by atoms with Gasteiger partial charge in [0.15, 0.2) is 5.78 Å². The molecule has 94 valence electrons. The summed E-state index contributed by atoms with van der Waals surface area (Å²) in [6.07, 6.45) is 0.238. The minimum absolute atomic E-state index is 0.159. The summed E-state index contributed by atoms with van der Waals surface area (Å²) in [5, 5.41) is 0. The summed E-state index contributed by atoms with van der Waals surface area (Å²) in [6.45, 7) is 4.00. The SMILES string of the molecule is CC.O=C(Cc1ccccc1)c1ccccc1F. The second-order valence-corrected chi connectivity index (χ2v) is 3.57. The molecule has 0 aliphatic carbocycles. The number of ketones is 1. The fourth-order valence-corrected chi connectivity index (χ4v) is 1.56. The molecule has 0 bridgehead atoms. The first-order valence-electron chi connectivity index (χ1n) is 6.09. The first-order valence-corrected chi connectivity index (χ1v) is 6.09. The number of hydrogen-bond acceptors (Lipinski definition) is 1. The molecule has 0 aliphatic rings. The van der Waals surface area contributed by atoms with Crippen LogP contribution in [0.5, 0.6) is 0 Å².